The highest BCUT2D eigenvalue weighted by molar-refractivity contribution is 5.75. The van der Waals surface area contributed by atoms with E-state index >= 15 is 0 Å². The number of pyridine rings is 1. The van der Waals surface area contributed by atoms with Crippen molar-refractivity contribution in [3.8, 4) is 12.3 Å². The fourth-order valence-corrected chi connectivity index (χ4v) is 0.627. The van der Waals surface area contributed by atoms with Crippen LogP contribution in [0.3, 0.4) is 0 Å². The lowest BCUT2D eigenvalue weighted by atomic mass is 10.2. The van der Waals surface area contributed by atoms with Crippen molar-refractivity contribution in [2.75, 3.05) is 0 Å². The summed E-state index contributed by atoms with van der Waals surface area (Å²) in [5.74, 6) is 1.45. The fraction of sp³-hybridized carbons (Fsp3) is 0. The largest absolute Gasteiger partial charge is 0.298 e. The Kier molecular flexibility index (Phi) is 1.98. The van der Waals surface area contributed by atoms with E-state index in [0.717, 1.165) is 0 Å². The predicted octanol–water partition coefficient (Wildman–Crippen LogP) is 1.01. The van der Waals surface area contributed by atoms with E-state index in [9.17, 15) is 9.18 Å². The molecule has 1 heterocycles. The maximum absolute atomic E-state index is 12.5. The molecule has 1 aromatic rings. The van der Waals surface area contributed by atoms with Gasteiger partial charge in [0.15, 0.2) is 6.29 Å². The number of aromatic nitrogens is 1. The molecule has 1 rings (SSSR count). The van der Waals surface area contributed by atoms with Gasteiger partial charge in [-0.3, -0.25) is 4.79 Å². The Balaban J connectivity index is 3.25. The van der Waals surface area contributed by atoms with Crippen molar-refractivity contribution in [2.24, 2.45) is 0 Å². The molecule has 0 saturated heterocycles. The number of nitrogens with zero attached hydrogens (tertiary/aromatic N) is 1. The van der Waals surface area contributed by atoms with Crippen molar-refractivity contribution in [3.05, 3.63) is 29.3 Å². The summed E-state index contributed by atoms with van der Waals surface area (Å²) < 4.78 is 12.5. The van der Waals surface area contributed by atoms with Gasteiger partial charge in [-0.15, -0.1) is 6.42 Å². The van der Waals surface area contributed by atoms with Crippen LogP contribution >= 0.6 is 0 Å². The highest BCUT2D eigenvalue weighted by atomic mass is 19.1. The highest BCUT2D eigenvalue weighted by Crippen LogP contribution is 2.03. The number of terminal acetylenes is 1. The Morgan fingerprint density at radius 2 is 2.45 bits per heavy atom. The zero-order valence-corrected chi connectivity index (χ0v) is 5.54. The van der Waals surface area contributed by atoms with E-state index in [2.05, 4.69) is 10.9 Å². The zero-order chi connectivity index (χ0) is 8.27. The Morgan fingerprint density at radius 1 is 1.73 bits per heavy atom. The number of aldehydes is 1. The van der Waals surface area contributed by atoms with Crippen molar-refractivity contribution < 1.29 is 9.18 Å². The third kappa shape index (κ3) is 1.41. The molecule has 0 saturated carbocycles. The fourth-order valence-electron chi connectivity index (χ4n) is 0.627. The van der Waals surface area contributed by atoms with Crippen LogP contribution in [-0.4, -0.2) is 11.3 Å². The van der Waals surface area contributed by atoms with Gasteiger partial charge in [-0.25, -0.2) is 4.98 Å². The van der Waals surface area contributed by atoms with Gasteiger partial charge in [0.25, 0.3) is 0 Å². The topological polar surface area (TPSA) is 30.0 Å². The molecule has 0 atom stereocenters. The standard InChI is InChI=1S/C8H4FNO/c1-2-6-3-7(5-11)8(9)10-4-6/h1,3-5H. The summed E-state index contributed by atoms with van der Waals surface area (Å²) >= 11 is 0. The summed E-state index contributed by atoms with van der Waals surface area (Å²) in [6.07, 6.45) is 6.57. The SMILES string of the molecule is C#Cc1cnc(F)c(C=O)c1. The van der Waals surface area contributed by atoms with Gasteiger partial charge in [-0.2, -0.15) is 4.39 Å². The number of carbonyl (C=O) groups excluding carboxylic acids is 1. The van der Waals surface area contributed by atoms with Gasteiger partial charge in [0, 0.05) is 11.8 Å². The second-order valence-corrected chi connectivity index (χ2v) is 1.87. The average molecular weight is 149 g/mol. The van der Waals surface area contributed by atoms with Crippen molar-refractivity contribution >= 4 is 6.29 Å². The third-order valence-corrected chi connectivity index (χ3v) is 1.16. The van der Waals surface area contributed by atoms with E-state index < -0.39 is 5.95 Å². The van der Waals surface area contributed by atoms with Crippen LogP contribution in [0.4, 0.5) is 4.39 Å². The number of carbonyl (C=O) groups is 1. The monoisotopic (exact) mass is 149 g/mol. The van der Waals surface area contributed by atoms with Gasteiger partial charge in [0.1, 0.15) is 0 Å². The van der Waals surface area contributed by atoms with Crippen molar-refractivity contribution in [3.63, 3.8) is 0 Å². The van der Waals surface area contributed by atoms with Crippen LogP contribution in [0.15, 0.2) is 12.3 Å². The van der Waals surface area contributed by atoms with Crippen LogP contribution in [-0.2, 0) is 0 Å². The maximum atomic E-state index is 12.5. The normalized spacial score (nSPS) is 8.73. The molecule has 3 heteroatoms. The molecule has 2 nitrogen and oxygen atoms in total. The van der Waals surface area contributed by atoms with E-state index in [1.54, 1.807) is 0 Å². The van der Waals surface area contributed by atoms with Crippen molar-refractivity contribution in [2.45, 2.75) is 0 Å². The van der Waals surface area contributed by atoms with Gasteiger partial charge in [0.2, 0.25) is 5.95 Å². The molecule has 0 aliphatic rings. The molecule has 0 bridgehead atoms. The van der Waals surface area contributed by atoms with E-state index in [-0.39, 0.29) is 5.56 Å². The van der Waals surface area contributed by atoms with E-state index in [1.807, 2.05) is 0 Å². The first-order chi connectivity index (χ1) is 5.27. The molecule has 0 fully saturated rings. The van der Waals surface area contributed by atoms with Gasteiger partial charge in [0.05, 0.1) is 5.56 Å². The Hall–Kier alpha value is -1.69. The lowest BCUT2D eigenvalue weighted by Gasteiger charge is -1.92. The molecule has 0 radical (unpaired) electrons. The summed E-state index contributed by atoms with van der Waals surface area (Å²) in [5, 5.41) is 0. The number of rotatable bonds is 1. The van der Waals surface area contributed by atoms with E-state index in [0.29, 0.717) is 11.8 Å². The Morgan fingerprint density at radius 3 is 3.00 bits per heavy atom. The molecule has 0 aliphatic heterocycles. The van der Waals surface area contributed by atoms with Crippen LogP contribution in [0.1, 0.15) is 15.9 Å². The van der Waals surface area contributed by atoms with E-state index in [1.165, 1.54) is 12.3 Å². The van der Waals surface area contributed by atoms with Gasteiger partial charge >= 0.3 is 0 Å². The van der Waals surface area contributed by atoms with Crippen LogP contribution in [0.2, 0.25) is 0 Å². The van der Waals surface area contributed by atoms with Gasteiger partial charge in [-0.05, 0) is 6.07 Å². The molecule has 1 aromatic heterocycles. The van der Waals surface area contributed by atoms with Gasteiger partial charge < -0.3 is 0 Å². The quantitative estimate of drug-likeness (QED) is 0.339. The third-order valence-electron chi connectivity index (χ3n) is 1.16. The summed E-state index contributed by atoms with van der Waals surface area (Å²) in [5.41, 5.74) is 0.286. The highest BCUT2D eigenvalue weighted by Gasteiger charge is 2.01. The van der Waals surface area contributed by atoms with Crippen LogP contribution in [0, 0.1) is 18.3 Å². The summed E-state index contributed by atoms with van der Waals surface area (Å²) in [4.78, 5) is 13.4. The van der Waals surface area contributed by atoms with Gasteiger partial charge in [-0.1, -0.05) is 5.92 Å². The molecule has 0 aromatic carbocycles. The first-order valence-corrected chi connectivity index (χ1v) is 2.85. The first kappa shape index (κ1) is 7.42. The summed E-state index contributed by atoms with van der Waals surface area (Å²) in [6, 6.07) is 1.27. The summed E-state index contributed by atoms with van der Waals surface area (Å²) in [6.45, 7) is 0. The molecule has 0 aliphatic carbocycles. The molecule has 0 amide bonds. The molecular formula is C8H4FNO. The number of halogens is 1. The van der Waals surface area contributed by atoms with Crippen LogP contribution in [0.25, 0.3) is 0 Å². The Labute approximate surface area is 63.1 Å². The minimum Gasteiger partial charge on any atom is -0.298 e. The van der Waals surface area contributed by atoms with E-state index in [4.69, 9.17) is 6.42 Å². The molecule has 0 unspecified atom stereocenters. The molecule has 54 valence electrons. The maximum Gasteiger partial charge on any atom is 0.223 e. The molecular weight excluding hydrogens is 145 g/mol. The van der Waals surface area contributed by atoms with Crippen LogP contribution < -0.4 is 0 Å². The average Bonchev–Trinajstić information content (AvgIpc) is 2.05. The first-order valence-electron chi connectivity index (χ1n) is 2.85. The minimum atomic E-state index is -0.793. The van der Waals surface area contributed by atoms with Crippen molar-refractivity contribution in [1.29, 1.82) is 0 Å². The Bertz CT molecular complexity index is 327. The second kappa shape index (κ2) is 2.93. The smallest absolute Gasteiger partial charge is 0.223 e. The van der Waals surface area contributed by atoms with Crippen LogP contribution in [0.5, 0.6) is 0 Å². The zero-order valence-electron chi connectivity index (χ0n) is 5.54. The number of hydrogen-bond donors (Lipinski definition) is 0. The molecule has 0 N–H and O–H groups in total. The minimum absolute atomic E-state index is 0.111. The molecule has 11 heavy (non-hydrogen) atoms. The molecule has 0 spiro atoms. The van der Waals surface area contributed by atoms with Crippen molar-refractivity contribution in [1.82, 2.24) is 4.98 Å². The number of hydrogen-bond acceptors (Lipinski definition) is 2. The summed E-state index contributed by atoms with van der Waals surface area (Å²) in [7, 11) is 0. The predicted molar refractivity (Wildman–Crippen MR) is 37.5 cm³/mol. The lowest BCUT2D eigenvalue weighted by Crippen LogP contribution is -1.92. The second-order valence-electron chi connectivity index (χ2n) is 1.87. The lowest BCUT2D eigenvalue weighted by molar-refractivity contribution is 0.111.